The van der Waals surface area contributed by atoms with Gasteiger partial charge in [-0.3, -0.25) is 4.79 Å². The van der Waals surface area contributed by atoms with Crippen molar-refractivity contribution in [3.05, 3.63) is 18.3 Å². The fourth-order valence-corrected chi connectivity index (χ4v) is 1.12. The molecule has 0 aliphatic rings. The molecule has 0 saturated carbocycles. The molecule has 1 amide bonds. The molecule has 0 unspecified atom stereocenters. The third-order valence-electron chi connectivity index (χ3n) is 1.84. The van der Waals surface area contributed by atoms with Crippen molar-refractivity contribution in [1.82, 2.24) is 10.3 Å². The van der Waals surface area contributed by atoms with E-state index in [1.807, 2.05) is 19.2 Å². The maximum atomic E-state index is 10.6. The number of carbonyl (C=O) groups is 1. The summed E-state index contributed by atoms with van der Waals surface area (Å²) in [4.78, 5) is 14.7. The molecule has 0 aliphatic carbocycles. The van der Waals surface area contributed by atoms with Gasteiger partial charge in [-0.2, -0.15) is 0 Å². The summed E-state index contributed by atoms with van der Waals surface area (Å²) < 4.78 is 0. The average Bonchev–Trinajstić information content (AvgIpc) is 2.24. The molecule has 3 N–H and O–H groups in total. The van der Waals surface area contributed by atoms with Gasteiger partial charge in [0.25, 0.3) is 0 Å². The second-order valence-corrected chi connectivity index (χ2v) is 3.09. The average molecular weight is 208 g/mol. The van der Waals surface area contributed by atoms with Crippen molar-refractivity contribution in [3.63, 3.8) is 0 Å². The molecule has 15 heavy (non-hydrogen) atoms. The van der Waals surface area contributed by atoms with E-state index in [1.54, 1.807) is 6.20 Å². The lowest BCUT2D eigenvalue weighted by atomic mass is 10.4. The van der Waals surface area contributed by atoms with E-state index in [9.17, 15) is 4.79 Å². The molecular formula is C10H16N4O. The first kappa shape index (κ1) is 11.3. The zero-order valence-electron chi connectivity index (χ0n) is 9.00. The van der Waals surface area contributed by atoms with Gasteiger partial charge in [-0.05, 0) is 6.07 Å². The lowest BCUT2D eigenvalue weighted by molar-refractivity contribution is -0.118. The summed E-state index contributed by atoms with van der Waals surface area (Å²) in [6.45, 7) is 2.82. The van der Waals surface area contributed by atoms with Crippen molar-refractivity contribution in [2.24, 2.45) is 0 Å². The molecule has 0 saturated heterocycles. The van der Waals surface area contributed by atoms with E-state index in [0.29, 0.717) is 13.1 Å². The highest BCUT2D eigenvalue weighted by atomic mass is 16.1. The summed E-state index contributed by atoms with van der Waals surface area (Å²) in [6, 6.07) is 3.79. The summed E-state index contributed by atoms with van der Waals surface area (Å²) in [7, 11) is 1.82. The van der Waals surface area contributed by atoms with Crippen molar-refractivity contribution in [3.8, 4) is 0 Å². The van der Waals surface area contributed by atoms with Crippen molar-refractivity contribution >= 4 is 17.4 Å². The number of nitrogens with one attached hydrogen (secondary N) is 3. The van der Waals surface area contributed by atoms with E-state index in [2.05, 4.69) is 20.9 Å². The topological polar surface area (TPSA) is 66.0 Å². The molecule has 5 nitrogen and oxygen atoms in total. The zero-order valence-corrected chi connectivity index (χ0v) is 9.00. The van der Waals surface area contributed by atoms with Gasteiger partial charge in [0.15, 0.2) is 0 Å². The van der Waals surface area contributed by atoms with Crippen LogP contribution in [0.3, 0.4) is 0 Å². The van der Waals surface area contributed by atoms with Gasteiger partial charge in [0, 0.05) is 45.0 Å². The van der Waals surface area contributed by atoms with Crippen molar-refractivity contribution < 1.29 is 4.79 Å². The van der Waals surface area contributed by atoms with Gasteiger partial charge in [-0.15, -0.1) is 0 Å². The van der Waals surface area contributed by atoms with Crippen molar-refractivity contribution in [2.45, 2.75) is 6.92 Å². The maximum absolute atomic E-state index is 10.6. The van der Waals surface area contributed by atoms with Crippen LogP contribution >= 0.6 is 0 Å². The van der Waals surface area contributed by atoms with Crippen LogP contribution in [0.1, 0.15) is 6.92 Å². The fraction of sp³-hybridized carbons (Fsp3) is 0.400. The van der Waals surface area contributed by atoms with Gasteiger partial charge in [-0.1, -0.05) is 0 Å². The lowest BCUT2D eigenvalue weighted by Gasteiger charge is -2.07. The Morgan fingerprint density at radius 3 is 2.93 bits per heavy atom. The predicted molar refractivity (Wildman–Crippen MR) is 61.0 cm³/mol. The minimum atomic E-state index is -0.0116. The van der Waals surface area contributed by atoms with Crippen LogP contribution in [0.2, 0.25) is 0 Å². The Kier molecular flexibility index (Phi) is 4.40. The highest BCUT2D eigenvalue weighted by Gasteiger charge is 1.94. The number of carbonyl (C=O) groups excluding carboxylic acids is 1. The van der Waals surface area contributed by atoms with Crippen molar-refractivity contribution in [2.75, 3.05) is 30.8 Å². The van der Waals surface area contributed by atoms with E-state index in [1.165, 1.54) is 6.92 Å². The second-order valence-electron chi connectivity index (χ2n) is 3.09. The molecule has 1 rings (SSSR count). The standard InChI is InChI=1S/C10H16N4O/c1-8(15)12-5-6-13-9-3-4-14-10(7-9)11-2/h3-4,7H,5-6H2,1-2H3,(H,12,15)(H2,11,13,14). The Hall–Kier alpha value is -1.78. The molecule has 0 bridgehead atoms. The minimum absolute atomic E-state index is 0.0116. The van der Waals surface area contributed by atoms with E-state index in [0.717, 1.165) is 11.5 Å². The molecule has 1 aromatic heterocycles. The molecule has 1 heterocycles. The van der Waals surface area contributed by atoms with Crippen LogP contribution in [0.5, 0.6) is 0 Å². The monoisotopic (exact) mass is 208 g/mol. The number of pyridine rings is 1. The van der Waals surface area contributed by atoms with Crippen LogP contribution in [0.4, 0.5) is 11.5 Å². The Morgan fingerprint density at radius 1 is 1.47 bits per heavy atom. The van der Waals surface area contributed by atoms with E-state index < -0.39 is 0 Å². The fourth-order valence-electron chi connectivity index (χ4n) is 1.12. The minimum Gasteiger partial charge on any atom is -0.383 e. The number of hydrogen-bond acceptors (Lipinski definition) is 4. The van der Waals surface area contributed by atoms with Crippen LogP contribution in [-0.4, -0.2) is 31.0 Å². The largest absolute Gasteiger partial charge is 0.383 e. The number of amides is 1. The second kappa shape index (κ2) is 5.85. The number of anilines is 2. The molecule has 0 radical (unpaired) electrons. The molecule has 0 aromatic carbocycles. The molecule has 82 valence electrons. The molecule has 0 atom stereocenters. The molecule has 0 spiro atoms. The van der Waals surface area contributed by atoms with Gasteiger partial charge in [-0.25, -0.2) is 4.98 Å². The maximum Gasteiger partial charge on any atom is 0.216 e. The van der Waals surface area contributed by atoms with Crippen LogP contribution < -0.4 is 16.0 Å². The zero-order chi connectivity index (χ0) is 11.1. The Labute approximate surface area is 89.3 Å². The van der Waals surface area contributed by atoms with Crippen LogP contribution in [0.25, 0.3) is 0 Å². The highest BCUT2D eigenvalue weighted by Crippen LogP contribution is 2.10. The number of hydrogen-bond donors (Lipinski definition) is 3. The SMILES string of the molecule is CNc1cc(NCCNC(C)=O)ccn1. The summed E-state index contributed by atoms with van der Waals surface area (Å²) >= 11 is 0. The third kappa shape index (κ3) is 4.30. The third-order valence-corrected chi connectivity index (χ3v) is 1.84. The van der Waals surface area contributed by atoms with E-state index in [-0.39, 0.29) is 5.91 Å². The Morgan fingerprint density at radius 2 is 2.27 bits per heavy atom. The smallest absolute Gasteiger partial charge is 0.216 e. The van der Waals surface area contributed by atoms with E-state index in [4.69, 9.17) is 0 Å². The van der Waals surface area contributed by atoms with Gasteiger partial charge in [0.05, 0.1) is 0 Å². The van der Waals surface area contributed by atoms with Gasteiger partial charge in [0.1, 0.15) is 5.82 Å². The van der Waals surface area contributed by atoms with Gasteiger partial charge >= 0.3 is 0 Å². The summed E-state index contributed by atoms with van der Waals surface area (Å²) in [6.07, 6.45) is 1.73. The van der Waals surface area contributed by atoms with E-state index >= 15 is 0 Å². The highest BCUT2D eigenvalue weighted by molar-refractivity contribution is 5.72. The number of aromatic nitrogens is 1. The first-order chi connectivity index (χ1) is 7.22. The number of nitrogens with zero attached hydrogens (tertiary/aromatic N) is 1. The summed E-state index contributed by atoms with van der Waals surface area (Å²) in [5, 5.41) is 8.85. The number of rotatable bonds is 5. The molecule has 5 heteroatoms. The first-order valence-electron chi connectivity index (χ1n) is 4.84. The molecule has 0 fully saturated rings. The predicted octanol–water partition coefficient (Wildman–Crippen LogP) is 0.671. The van der Waals surface area contributed by atoms with Crippen LogP contribution in [-0.2, 0) is 4.79 Å². The van der Waals surface area contributed by atoms with Crippen molar-refractivity contribution in [1.29, 1.82) is 0 Å². The molecule has 0 aliphatic heterocycles. The molecular weight excluding hydrogens is 192 g/mol. The van der Waals surface area contributed by atoms with Gasteiger partial charge in [0.2, 0.25) is 5.91 Å². The quantitative estimate of drug-likeness (QED) is 0.622. The first-order valence-corrected chi connectivity index (χ1v) is 4.84. The lowest BCUT2D eigenvalue weighted by Crippen LogP contribution is -2.26. The molecule has 1 aromatic rings. The van der Waals surface area contributed by atoms with Crippen LogP contribution in [0, 0.1) is 0 Å². The van der Waals surface area contributed by atoms with Crippen LogP contribution in [0.15, 0.2) is 18.3 Å². The Bertz CT molecular complexity index is 327. The summed E-state index contributed by atoms with van der Waals surface area (Å²) in [5.41, 5.74) is 0.986. The Balaban J connectivity index is 2.33. The summed E-state index contributed by atoms with van der Waals surface area (Å²) in [5.74, 6) is 0.807. The van der Waals surface area contributed by atoms with Gasteiger partial charge < -0.3 is 16.0 Å². The normalized spacial score (nSPS) is 9.47.